The van der Waals surface area contributed by atoms with Gasteiger partial charge in [0, 0.05) is 13.2 Å². The first-order valence-electron chi connectivity index (χ1n) is 3.50. The molecule has 0 saturated carbocycles. The molecule has 1 N–H and O–H groups in total. The van der Waals surface area contributed by atoms with E-state index in [1.165, 1.54) is 0 Å². The van der Waals surface area contributed by atoms with Crippen molar-refractivity contribution in [2.45, 2.75) is 27.1 Å². The van der Waals surface area contributed by atoms with Gasteiger partial charge in [0.1, 0.15) is 0 Å². The smallest absolute Gasteiger partial charge is 0.196 e. The maximum absolute atomic E-state index is 7.21. The van der Waals surface area contributed by atoms with Gasteiger partial charge in [-0.25, -0.2) is 0 Å². The fraction of sp³-hybridized carbons (Fsp3) is 0.857. The highest BCUT2D eigenvalue weighted by Gasteiger charge is 2.08. The van der Waals surface area contributed by atoms with Crippen LogP contribution in [0, 0.1) is 5.41 Å². The molecule has 0 radical (unpaired) electrons. The van der Waals surface area contributed by atoms with Crippen LogP contribution in [-0.2, 0) is 9.47 Å². The van der Waals surface area contributed by atoms with Crippen molar-refractivity contribution in [1.29, 1.82) is 5.41 Å². The summed E-state index contributed by atoms with van der Waals surface area (Å²) in [6, 6.07) is 0. The molecule has 0 aromatic heterocycles. The van der Waals surface area contributed by atoms with E-state index < -0.39 is 6.29 Å². The van der Waals surface area contributed by atoms with Crippen molar-refractivity contribution in [1.82, 2.24) is 0 Å². The Morgan fingerprint density at radius 3 is 1.90 bits per heavy atom. The zero-order chi connectivity index (χ0) is 7.98. The summed E-state index contributed by atoms with van der Waals surface area (Å²) < 4.78 is 10.2. The van der Waals surface area contributed by atoms with Gasteiger partial charge in [-0.1, -0.05) is 0 Å². The second-order valence-corrected chi connectivity index (χ2v) is 1.93. The first-order valence-corrected chi connectivity index (χ1v) is 3.50. The van der Waals surface area contributed by atoms with Crippen molar-refractivity contribution < 1.29 is 9.47 Å². The second-order valence-electron chi connectivity index (χ2n) is 1.93. The van der Waals surface area contributed by atoms with Crippen LogP contribution < -0.4 is 0 Å². The van der Waals surface area contributed by atoms with Crippen LogP contribution >= 0.6 is 0 Å². The number of hydrogen-bond donors (Lipinski definition) is 1. The molecule has 0 aliphatic carbocycles. The number of rotatable bonds is 5. The second kappa shape index (κ2) is 5.38. The number of nitrogens with one attached hydrogen (secondary N) is 1. The van der Waals surface area contributed by atoms with Crippen LogP contribution in [0.4, 0.5) is 0 Å². The standard InChI is InChI=1S/C7H15NO2/c1-4-9-7(6(3)8)10-5-2/h7-8H,4-5H2,1-3H3. The summed E-state index contributed by atoms with van der Waals surface area (Å²) in [7, 11) is 0. The number of hydrogen-bond acceptors (Lipinski definition) is 3. The summed E-state index contributed by atoms with van der Waals surface area (Å²) in [5.41, 5.74) is 0.420. The lowest BCUT2D eigenvalue weighted by atomic mass is 10.4. The molecule has 0 atom stereocenters. The maximum Gasteiger partial charge on any atom is 0.196 e. The first kappa shape index (κ1) is 9.59. The lowest BCUT2D eigenvalue weighted by Crippen LogP contribution is -2.24. The van der Waals surface area contributed by atoms with E-state index in [4.69, 9.17) is 14.9 Å². The first-order chi connectivity index (χ1) is 4.72. The Morgan fingerprint density at radius 2 is 1.70 bits per heavy atom. The molecule has 10 heavy (non-hydrogen) atoms. The average Bonchev–Trinajstić information content (AvgIpc) is 1.87. The molecule has 0 saturated heterocycles. The molecule has 0 aliphatic rings. The van der Waals surface area contributed by atoms with E-state index in [2.05, 4.69) is 0 Å². The quantitative estimate of drug-likeness (QED) is 0.469. The van der Waals surface area contributed by atoms with Crippen molar-refractivity contribution in [2.24, 2.45) is 0 Å². The molecular formula is C7H15NO2. The minimum atomic E-state index is -0.435. The summed E-state index contributed by atoms with van der Waals surface area (Å²) in [5, 5.41) is 7.21. The lowest BCUT2D eigenvalue weighted by molar-refractivity contribution is -0.0907. The molecule has 0 unspecified atom stereocenters. The Kier molecular flexibility index (Phi) is 5.16. The summed E-state index contributed by atoms with van der Waals surface area (Å²) in [6.45, 7) is 6.61. The molecule has 0 amide bonds. The zero-order valence-corrected chi connectivity index (χ0v) is 6.81. The Labute approximate surface area is 61.8 Å². The molecule has 0 fully saturated rings. The van der Waals surface area contributed by atoms with Crippen LogP contribution in [0.3, 0.4) is 0 Å². The summed E-state index contributed by atoms with van der Waals surface area (Å²) >= 11 is 0. The van der Waals surface area contributed by atoms with E-state index in [-0.39, 0.29) is 0 Å². The summed E-state index contributed by atoms with van der Waals surface area (Å²) in [5.74, 6) is 0. The third kappa shape index (κ3) is 3.58. The van der Waals surface area contributed by atoms with Gasteiger partial charge in [-0.05, 0) is 20.8 Å². The average molecular weight is 145 g/mol. The zero-order valence-electron chi connectivity index (χ0n) is 6.81. The van der Waals surface area contributed by atoms with Gasteiger partial charge in [0.2, 0.25) is 0 Å². The van der Waals surface area contributed by atoms with Crippen LogP contribution in [-0.4, -0.2) is 25.2 Å². The van der Waals surface area contributed by atoms with Gasteiger partial charge >= 0.3 is 0 Å². The molecule has 0 spiro atoms. The Hall–Kier alpha value is -0.410. The summed E-state index contributed by atoms with van der Waals surface area (Å²) in [4.78, 5) is 0. The monoisotopic (exact) mass is 145 g/mol. The molecule has 0 rings (SSSR count). The highest BCUT2D eigenvalue weighted by atomic mass is 16.7. The van der Waals surface area contributed by atoms with E-state index in [0.29, 0.717) is 18.9 Å². The fourth-order valence-electron chi connectivity index (χ4n) is 0.601. The van der Waals surface area contributed by atoms with Gasteiger partial charge in [-0.3, -0.25) is 0 Å². The molecule has 0 bridgehead atoms. The SMILES string of the molecule is CCOC(OCC)C(C)=N. The minimum Gasteiger partial charge on any atom is -0.348 e. The third-order valence-corrected chi connectivity index (χ3v) is 0.990. The molecule has 0 aromatic carbocycles. The van der Waals surface area contributed by atoms with Crippen LogP contribution in [0.1, 0.15) is 20.8 Å². The molecule has 0 heterocycles. The highest BCUT2D eigenvalue weighted by molar-refractivity contribution is 5.81. The summed E-state index contributed by atoms with van der Waals surface area (Å²) in [6.07, 6.45) is -0.435. The van der Waals surface area contributed by atoms with Gasteiger partial charge in [0.25, 0.3) is 0 Å². The lowest BCUT2D eigenvalue weighted by Gasteiger charge is -2.14. The Bertz CT molecular complexity index is 97.8. The van der Waals surface area contributed by atoms with Crippen LogP contribution in [0.5, 0.6) is 0 Å². The molecule has 3 heteroatoms. The molecule has 0 aromatic rings. The minimum absolute atomic E-state index is 0.420. The third-order valence-electron chi connectivity index (χ3n) is 0.990. The number of ether oxygens (including phenoxy) is 2. The molecule has 0 aliphatic heterocycles. The van der Waals surface area contributed by atoms with Gasteiger partial charge in [0.05, 0.1) is 5.71 Å². The van der Waals surface area contributed by atoms with E-state index in [1.54, 1.807) is 6.92 Å². The van der Waals surface area contributed by atoms with E-state index in [9.17, 15) is 0 Å². The van der Waals surface area contributed by atoms with Crippen LogP contribution in [0.25, 0.3) is 0 Å². The Balaban J connectivity index is 3.61. The van der Waals surface area contributed by atoms with Gasteiger partial charge in [-0.2, -0.15) is 0 Å². The van der Waals surface area contributed by atoms with Crippen LogP contribution in [0.2, 0.25) is 0 Å². The van der Waals surface area contributed by atoms with Crippen molar-refractivity contribution in [3.63, 3.8) is 0 Å². The topological polar surface area (TPSA) is 42.3 Å². The normalized spacial score (nSPS) is 10.4. The Morgan fingerprint density at radius 1 is 1.30 bits per heavy atom. The predicted octanol–water partition coefficient (Wildman–Crippen LogP) is 1.43. The van der Waals surface area contributed by atoms with Crippen molar-refractivity contribution in [3.8, 4) is 0 Å². The van der Waals surface area contributed by atoms with Crippen molar-refractivity contribution in [3.05, 3.63) is 0 Å². The highest BCUT2D eigenvalue weighted by Crippen LogP contribution is 1.95. The van der Waals surface area contributed by atoms with E-state index in [1.807, 2.05) is 13.8 Å². The molecule has 60 valence electrons. The maximum atomic E-state index is 7.21. The predicted molar refractivity (Wildman–Crippen MR) is 40.4 cm³/mol. The van der Waals surface area contributed by atoms with Gasteiger partial charge in [0.15, 0.2) is 6.29 Å². The molecule has 3 nitrogen and oxygen atoms in total. The van der Waals surface area contributed by atoms with Gasteiger partial charge < -0.3 is 14.9 Å². The van der Waals surface area contributed by atoms with E-state index in [0.717, 1.165) is 0 Å². The molecular weight excluding hydrogens is 130 g/mol. The van der Waals surface area contributed by atoms with Crippen molar-refractivity contribution in [2.75, 3.05) is 13.2 Å². The fourth-order valence-corrected chi connectivity index (χ4v) is 0.601. The van der Waals surface area contributed by atoms with E-state index >= 15 is 0 Å². The van der Waals surface area contributed by atoms with Crippen LogP contribution in [0.15, 0.2) is 0 Å². The largest absolute Gasteiger partial charge is 0.348 e. The van der Waals surface area contributed by atoms with Crippen molar-refractivity contribution >= 4 is 5.71 Å². The van der Waals surface area contributed by atoms with Gasteiger partial charge in [-0.15, -0.1) is 0 Å².